The molecule has 33 heavy (non-hydrogen) atoms. The maximum Gasteiger partial charge on any atom is 0.246 e. The zero-order valence-electron chi connectivity index (χ0n) is 19.5. The van der Waals surface area contributed by atoms with Crippen LogP contribution in [0.5, 0.6) is 0 Å². The Hall–Kier alpha value is -1.22. The Morgan fingerprint density at radius 3 is 2.55 bits per heavy atom. The fraction of sp³-hybridized carbons (Fsp3) is 0.680. The first-order valence-electron chi connectivity index (χ1n) is 12.4. The van der Waals surface area contributed by atoms with E-state index in [0.717, 1.165) is 56.0 Å². The smallest absolute Gasteiger partial charge is 0.246 e. The third-order valence-electron chi connectivity index (χ3n) is 6.94. The van der Waals surface area contributed by atoms with Gasteiger partial charge in [-0.1, -0.05) is 49.6 Å². The number of hydrogen-bond donors (Lipinski definition) is 2. The number of rotatable bonds is 9. The van der Waals surface area contributed by atoms with Crippen molar-refractivity contribution in [1.29, 1.82) is 0 Å². The minimum absolute atomic E-state index is 0.0284. The first-order chi connectivity index (χ1) is 16.2. The van der Waals surface area contributed by atoms with Crippen molar-refractivity contribution in [3.05, 3.63) is 35.9 Å². The van der Waals surface area contributed by atoms with E-state index in [2.05, 4.69) is 39.8 Å². The van der Waals surface area contributed by atoms with E-state index in [4.69, 9.17) is 0 Å². The van der Waals surface area contributed by atoms with Crippen LogP contribution in [0.15, 0.2) is 30.3 Å². The number of carbonyl (C=O) groups excluding carboxylic acids is 2. The number of nitrogens with zero attached hydrogens (tertiary/aromatic N) is 2. The highest BCUT2D eigenvalue weighted by Crippen LogP contribution is 2.27. The molecule has 0 aromatic heterocycles. The van der Waals surface area contributed by atoms with Gasteiger partial charge in [-0.25, -0.2) is 0 Å². The SMILES string of the molecule is O=C(N[C@@H](CSCC1CCCCC1)C(=O)N1CCN(Cc2ccccc2)CC1)C1CSCN1. The average molecular weight is 491 g/mol. The molecule has 0 radical (unpaired) electrons. The number of nitrogens with one attached hydrogen (secondary N) is 2. The van der Waals surface area contributed by atoms with Gasteiger partial charge in [0.15, 0.2) is 0 Å². The van der Waals surface area contributed by atoms with Gasteiger partial charge >= 0.3 is 0 Å². The first kappa shape index (κ1) is 24.9. The van der Waals surface area contributed by atoms with Crippen LogP contribution in [-0.2, 0) is 16.1 Å². The predicted molar refractivity (Wildman–Crippen MR) is 138 cm³/mol. The van der Waals surface area contributed by atoms with Crippen LogP contribution in [0.4, 0.5) is 0 Å². The highest BCUT2D eigenvalue weighted by molar-refractivity contribution is 7.99. The average Bonchev–Trinajstić information content (AvgIpc) is 3.40. The Morgan fingerprint density at radius 2 is 1.85 bits per heavy atom. The molecule has 3 fully saturated rings. The second-order valence-corrected chi connectivity index (χ2v) is 11.6. The molecular formula is C25H38N4O2S2. The number of thioether (sulfide) groups is 2. The molecule has 8 heteroatoms. The largest absolute Gasteiger partial charge is 0.342 e. The van der Waals surface area contributed by atoms with E-state index in [1.165, 1.54) is 37.7 Å². The molecular weight excluding hydrogens is 452 g/mol. The summed E-state index contributed by atoms with van der Waals surface area (Å²) in [6.07, 6.45) is 6.65. The highest BCUT2D eigenvalue weighted by Gasteiger charge is 2.32. The van der Waals surface area contributed by atoms with E-state index >= 15 is 0 Å². The topological polar surface area (TPSA) is 64.7 Å². The summed E-state index contributed by atoms with van der Waals surface area (Å²) in [5.41, 5.74) is 1.31. The Balaban J connectivity index is 1.29. The van der Waals surface area contributed by atoms with Crippen LogP contribution in [0.2, 0.25) is 0 Å². The Kier molecular flexibility index (Phi) is 9.82. The third kappa shape index (κ3) is 7.64. The monoisotopic (exact) mass is 490 g/mol. The summed E-state index contributed by atoms with van der Waals surface area (Å²) < 4.78 is 0. The van der Waals surface area contributed by atoms with Gasteiger partial charge in [0.2, 0.25) is 11.8 Å². The fourth-order valence-electron chi connectivity index (χ4n) is 4.91. The van der Waals surface area contributed by atoms with Gasteiger partial charge in [-0.05, 0) is 30.1 Å². The van der Waals surface area contributed by atoms with Crippen LogP contribution < -0.4 is 10.6 Å². The summed E-state index contributed by atoms with van der Waals surface area (Å²) >= 11 is 3.58. The lowest BCUT2D eigenvalue weighted by Crippen LogP contribution is -2.57. The lowest BCUT2D eigenvalue weighted by molar-refractivity contribution is -0.137. The molecule has 1 unspecified atom stereocenters. The first-order valence-corrected chi connectivity index (χ1v) is 14.7. The molecule has 1 saturated carbocycles. The number of hydrogen-bond acceptors (Lipinski definition) is 6. The van der Waals surface area contributed by atoms with E-state index in [-0.39, 0.29) is 17.9 Å². The lowest BCUT2D eigenvalue weighted by Gasteiger charge is -2.36. The van der Waals surface area contributed by atoms with Crippen molar-refractivity contribution in [2.75, 3.05) is 49.3 Å². The molecule has 3 aliphatic rings. The highest BCUT2D eigenvalue weighted by atomic mass is 32.2. The lowest BCUT2D eigenvalue weighted by atomic mass is 9.91. The maximum absolute atomic E-state index is 13.4. The van der Waals surface area contributed by atoms with Crippen molar-refractivity contribution < 1.29 is 9.59 Å². The van der Waals surface area contributed by atoms with Gasteiger partial charge in [0.25, 0.3) is 0 Å². The van der Waals surface area contributed by atoms with Crippen molar-refractivity contribution in [3.8, 4) is 0 Å². The van der Waals surface area contributed by atoms with Gasteiger partial charge < -0.3 is 10.2 Å². The normalized spacial score (nSPS) is 23.4. The third-order valence-corrected chi connectivity index (χ3v) is 9.16. The predicted octanol–water partition coefficient (Wildman–Crippen LogP) is 2.79. The molecule has 2 saturated heterocycles. The summed E-state index contributed by atoms with van der Waals surface area (Å²) in [5, 5.41) is 6.33. The standard InChI is InChI=1S/C25H38N4O2S2/c30-24(22-17-33-19-26-22)27-23(18-32-16-21-9-5-2-6-10-21)25(31)29-13-11-28(12-14-29)15-20-7-3-1-4-8-20/h1,3-4,7-8,21-23,26H,2,5-6,9-19H2,(H,27,30)/t22?,23-/m0/s1. The van der Waals surface area contributed by atoms with Crippen LogP contribution in [0.3, 0.4) is 0 Å². The molecule has 1 aromatic carbocycles. The number of benzene rings is 1. The summed E-state index contributed by atoms with van der Waals surface area (Å²) in [5.74, 6) is 4.18. The minimum atomic E-state index is -0.431. The van der Waals surface area contributed by atoms with E-state index in [1.807, 2.05) is 22.7 Å². The summed E-state index contributed by atoms with van der Waals surface area (Å²) in [6, 6.07) is 9.89. The molecule has 0 spiro atoms. The van der Waals surface area contributed by atoms with Crippen LogP contribution in [-0.4, -0.2) is 83.0 Å². The van der Waals surface area contributed by atoms with Crippen molar-refractivity contribution in [2.45, 2.75) is 50.7 Å². The van der Waals surface area contributed by atoms with Gasteiger partial charge in [-0.15, -0.1) is 11.8 Å². The summed E-state index contributed by atoms with van der Waals surface area (Å²) in [4.78, 5) is 30.6. The fourth-order valence-corrected chi connectivity index (χ4v) is 7.11. The Labute approximate surface area is 207 Å². The van der Waals surface area contributed by atoms with E-state index in [0.29, 0.717) is 5.75 Å². The molecule has 2 N–H and O–H groups in total. The second kappa shape index (κ2) is 13.0. The van der Waals surface area contributed by atoms with Gasteiger partial charge in [-0.3, -0.25) is 19.8 Å². The van der Waals surface area contributed by atoms with Crippen molar-refractivity contribution >= 4 is 35.3 Å². The van der Waals surface area contributed by atoms with Crippen LogP contribution in [0.25, 0.3) is 0 Å². The molecule has 2 amide bonds. The molecule has 2 aliphatic heterocycles. The van der Waals surface area contributed by atoms with Gasteiger partial charge in [0.1, 0.15) is 6.04 Å². The summed E-state index contributed by atoms with van der Waals surface area (Å²) in [7, 11) is 0. The minimum Gasteiger partial charge on any atom is -0.342 e. The van der Waals surface area contributed by atoms with E-state index in [9.17, 15) is 9.59 Å². The van der Waals surface area contributed by atoms with E-state index in [1.54, 1.807) is 11.8 Å². The molecule has 182 valence electrons. The molecule has 4 rings (SSSR count). The number of piperazine rings is 1. The van der Waals surface area contributed by atoms with Gasteiger partial charge in [-0.2, -0.15) is 11.8 Å². The van der Waals surface area contributed by atoms with Crippen molar-refractivity contribution in [1.82, 2.24) is 20.4 Å². The van der Waals surface area contributed by atoms with Crippen LogP contribution >= 0.6 is 23.5 Å². The quantitative estimate of drug-likeness (QED) is 0.555. The molecule has 0 bridgehead atoms. The number of carbonyl (C=O) groups is 2. The molecule has 2 heterocycles. The summed E-state index contributed by atoms with van der Waals surface area (Å²) in [6.45, 7) is 4.12. The molecule has 1 aromatic rings. The van der Waals surface area contributed by atoms with Crippen LogP contribution in [0.1, 0.15) is 37.7 Å². The molecule has 6 nitrogen and oxygen atoms in total. The number of amides is 2. The molecule has 2 atom stereocenters. The van der Waals surface area contributed by atoms with Gasteiger partial charge in [0.05, 0.1) is 6.04 Å². The maximum atomic E-state index is 13.4. The van der Waals surface area contributed by atoms with Crippen LogP contribution in [0, 0.1) is 5.92 Å². The Morgan fingerprint density at radius 1 is 1.09 bits per heavy atom. The van der Waals surface area contributed by atoms with Gasteiger partial charge in [0, 0.05) is 50.1 Å². The van der Waals surface area contributed by atoms with Crippen molar-refractivity contribution in [3.63, 3.8) is 0 Å². The molecule has 1 aliphatic carbocycles. The Bertz CT molecular complexity index is 746. The van der Waals surface area contributed by atoms with Crippen molar-refractivity contribution in [2.24, 2.45) is 5.92 Å². The zero-order chi connectivity index (χ0) is 22.9. The zero-order valence-corrected chi connectivity index (χ0v) is 21.2. The van der Waals surface area contributed by atoms with E-state index < -0.39 is 6.04 Å². The second-order valence-electron chi connectivity index (χ2n) is 9.46.